The number of ether oxygens (including phenoxy) is 2. The van der Waals surface area contributed by atoms with Crippen molar-refractivity contribution in [2.45, 2.75) is 26.8 Å². The Morgan fingerprint density at radius 3 is 2.75 bits per heavy atom. The van der Waals surface area contributed by atoms with Crippen LogP contribution in [0.3, 0.4) is 0 Å². The second-order valence-electron chi connectivity index (χ2n) is 5.06. The van der Waals surface area contributed by atoms with Gasteiger partial charge in [-0.05, 0) is 6.92 Å². The third kappa shape index (κ3) is 4.25. The maximum absolute atomic E-state index is 11.2. The zero-order valence-corrected chi connectivity index (χ0v) is 14.6. The Labute approximate surface area is 143 Å². The van der Waals surface area contributed by atoms with Gasteiger partial charge in [-0.2, -0.15) is 4.57 Å². The summed E-state index contributed by atoms with van der Waals surface area (Å²) in [7, 11) is 1.14. The molecule has 0 aromatic carbocycles. The number of thiazole rings is 1. The highest BCUT2D eigenvalue weighted by atomic mass is 32.1. The summed E-state index contributed by atoms with van der Waals surface area (Å²) >= 11 is 1.54. The summed E-state index contributed by atoms with van der Waals surface area (Å²) in [5.74, 6) is -0.877. The van der Waals surface area contributed by atoms with Crippen LogP contribution in [0.1, 0.15) is 22.0 Å². The van der Waals surface area contributed by atoms with Gasteiger partial charge >= 0.3 is 11.9 Å². The highest BCUT2D eigenvalue weighted by Crippen LogP contribution is 2.14. The van der Waals surface area contributed by atoms with Crippen LogP contribution in [0.25, 0.3) is 0 Å². The molecule has 2 rings (SSSR count). The average molecular weight is 351 g/mol. The number of anilines is 1. The minimum absolute atomic E-state index is 0.116. The van der Waals surface area contributed by atoms with Crippen molar-refractivity contribution in [2.24, 2.45) is 0 Å². The largest absolute Gasteiger partial charge is 0.461 e. The molecule has 0 atom stereocenters. The van der Waals surface area contributed by atoms with Gasteiger partial charge in [-0.15, -0.1) is 0 Å². The molecule has 2 heterocycles. The van der Waals surface area contributed by atoms with Gasteiger partial charge in [0.15, 0.2) is 12.2 Å². The Hall–Kier alpha value is -2.55. The zero-order valence-electron chi connectivity index (χ0n) is 13.7. The summed E-state index contributed by atoms with van der Waals surface area (Å²) in [4.78, 5) is 31.6. The van der Waals surface area contributed by atoms with Gasteiger partial charge in [-0.25, -0.2) is 19.6 Å². The van der Waals surface area contributed by atoms with Gasteiger partial charge in [0.25, 0.3) is 0 Å². The second kappa shape index (κ2) is 7.82. The van der Waals surface area contributed by atoms with Crippen LogP contribution in [0.2, 0.25) is 0 Å². The van der Waals surface area contributed by atoms with Gasteiger partial charge < -0.3 is 15.2 Å². The first-order valence-corrected chi connectivity index (χ1v) is 8.09. The van der Waals surface area contributed by atoms with Crippen molar-refractivity contribution in [3.8, 4) is 0 Å². The molecule has 0 spiro atoms. The van der Waals surface area contributed by atoms with Crippen LogP contribution in [-0.4, -0.2) is 35.6 Å². The molecule has 2 N–H and O–H groups in total. The maximum atomic E-state index is 11.2. The van der Waals surface area contributed by atoms with E-state index in [1.54, 1.807) is 24.5 Å². The Morgan fingerprint density at radius 2 is 2.08 bits per heavy atom. The number of aromatic nitrogens is 3. The summed E-state index contributed by atoms with van der Waals surface area (Å²) in [6.45, 7) is 4.44. The Balaban J connectivity index is 1.98. The quantitative estimate of drug-likeness (QED) is 0.470. The van der Waals surface area contributed by atoms with Gasteiger partial charge in [0.1, 0.15) is 11.6 Å². The van der Waals surface area contributed by atoms with E-state index in [9.17, 15) is 9.59 Å². The third-order valence-electron chi connectivity index (χ3n) is 3.43. The second-order valence-corrected chi connectivity index (χ2v) is 6.00. The number of rotatable bonds is 5. The van der Waals surface area contributed by atoms with E-state index in [0.29, 0.717) is 24.6 Å². The fourth-order valence-corrected chi connectivity index (χ4v) is 3.02. The minimum Gasteiger partial charge on any atom is -0.461 e. The molecule has 0 radical (unpaired) electrons. The van der Waals surface area contributed by atoms with Gasteiger partial charge in [0.05, 0.1) is 24.2 Å². The molecule has 2 aromatic rings. The van der Waals surface area contributed by atoms with Gasteiger partial charge in [-0.3, -0.25) is 0 Å². The zero-order chi connectivity index (χ0) is 17.7. The van der Waals surface area contributed by atoms with Gasteiger partial charge in [0.2, 0.25) is 5.51 Å². The van der Waals surface area contributed by atoms with E-state index in [1.807, 2.05) is 17.0 Å². The van der Waals surface area contributed by atoms with Crippen molar-refractivity contribution in [1.82, 2.24) is 9.97 Å². The monoisotopic (exact) mass is 351 g/mol. The molecule has 0 bridgehead atoms. The number of carbonyl (C=O) groups excluding carboxylic acids is 2. The van der Waals surface area contributed by atoms with E-state index in [1.165, 1.54) is 0 Å². The Bertz CT molecular complexity index is 760. The molecule has 128 valence electrons. The molecule has 24 heavy (non-hydrogen) atoms. The lowest BCUT2D eigenvalue weighted by Crippen LogP contribution is -2.35. The maximum Gasteiger partial charge on any atom is 0.417 e. The molecule has 0 saturated heterocycles. The van der Waals surface area contributed by atoms with Crippen molar-refractivity contribution in [2.75, 3.05) is 19.5 Å². The molecule has 0 aliphatic heterocycles. The van der Waals surface area contributed by atoms with Crippen LogP contribution in [0.4, 0.5) is 5.82 Å². The molecule has 0 fully saturated rings. The third-order valence-corrected chi connectivity index (χ3v) is 4.57. The van der Waals surface area contributed by atoms with E-state index in [0.717, 1.165) is 23.2 Å². The number of nitrogen functional groups attached to an aromatic ring is 1. The molecular weight excluding hydrogens is 332 g/mol. The van der Waals surface area contributed by atoms with Crippen LogP contribution >= 0.6 is 11.3 Å². The first-order chi connectivity index (χ1) is 11.4. The molecule has 9 heteroatoms. The fourth-order valence-electron chi connectivity index (χ4n) is 2.04. The van der Waals surface area contributed by atoms with Crippen molar-refractivity contribution < 1.29 is 23.6 Å². The van der Waals surface area contributed by atoms with Crippen molar-refractivity contribution in [1.29, 1.82) is 0 Å². The van der Waals surface area contributed by atoms with Crippen LogP contribution in [0.15, 0.2) is 11.7 Å². The van der Waals surface area contributed by atoms with E-state index < -0.39 is 11.9 Å². The van der Waals surface area contributed by atoms with Crippen molar-refractivity contribution in [3.63, 3.8) is 0 Å². The molecule has 0 amide bonds. The Kier molecular flexibility index (Phi) is 5.80. The lowest BCUT2D eigenvalue weighted by Gasteiger charge is -2.03. The summed E-state index contributed by atoms with van der Waals surface area (Å²) < 4.78 is 11.2. The topological polar surface area (TPSA) is 108 Å². The highest BCUT2D eigenvalue weighted by Gasteiger charge is 2.19. The molecular formula is C15H19N4O4S+. The lowest BCUT2D eigenvalue weighted by molar-refractivity contribution is -0.689. The number of hydrogen-bond donors (Lipinski definition) is 1. The van der Waals surface area contributed by atoms with E-state index in [-0.39, 0.29) is 6.61 Å². The molecule has 8 nitrogen and oxygen atoms in total. The predicted octanol–water partition coefficient (Wildman–Crippen LogP) is 0.332. The molecule has 0 aliphatic rings. The highest BCUT2D eigenvalue weighted by molar-refractivity contribution is 7.09. The minimum atomic E-state index is -0.997. The summed E-state index contributed by atoms with van der Waals surface area (Å²) in [6.07, 6.45) is 2.24. The SMILES string of the molecule is COC(=O)C(=O)OCCc1sc[n+](Cc2cnc(C)nc2N)c1C. The lowest BCUT2D eigenvalue weighted by atomic mass is 10.2. The molecule has 2 aromatic heterocycles. The standard InChI is InChI=1S/C15H19N4O4S/c1-9-12(4-5-23-15(21)14(20)22-3)24-8-19(9)7-11-6-17-10(2)18-13(11)16/h6,8H,4-5,7H2,1-3H3,(H2,16,17,18)/q+1. The molecule has 0 saturated carbocycles. The first kappa shape index (κ1) is 17.8. The summed E-state index contributed by atoms with van der Waals surface area (Å²) in [6, 6.07) is 0. The average Bonchev–Trinajstić information content (AvgIpc) is 2.89. The van der Waals surface area contributed by atoms with Crippen LogP contribution in [-0.2, 0) is 32.0 Å². The van der Waals surface area contributed by atoms with Crippen molar-refractivity contribution >= 4 is 29.1 Å². The number of methoxy groups -OCH3 is 1. The predicted molar refractivity (Wildman–Crippen MR) is 86.2 cm³/mol. The molecule has 0 aliphatic carbocycles. The van der Waals surface area contributed by atoms with Gasteiger partial charge in [0, 0.05) is 19.5 Å². The molecule has 0 unspecified atom stereocenters. The number of nitrogens with zero attached hydrogens (tertiary/aromatic N) is 3. The number of hydrogen-bond acceptors (Lipinski definition) is 8. The van der Waals surface area contributed by atoms with E-state index in [2.05, 4.69) is 14.7 Å². The Morgan fingerprint density at radius 1 is 1.33 bits per heavy atom. The smallest absolute Gasteiger partial charge is 0.417 e. The number of nitrogens with two attached hydrogens (primary N) is 1. The van der Waals surface area contributed by atoms with Crippen LogP contribution in [0.5, 0.6) is 0 Å². The van der Waals surface area contributed by atoms with E-state index >= 15 is 0 Å². The first-order valence-electron chi connectivity index (χ1n) is 7.21. The fraction of sp³-hybridized carbons (Fsp3) is 0.400. The van der Waals surface area contributed by atoms with Gasteiger partial charge in [-0.1, -0.05) is 11.3 Å². The van der Waals surface area contributed by atoms with Crippen LogP contribution in [0, 0.1) is 13.8 Å². The number of carbonyl (C=O) groups is 2. The summed E-state index contributed by atoms with van der Waals surface area (Å²) in [5, 5.41) is 0. The van der Waals surface area contributed by atoms with Crippen LogP contribution < -0.4 is 10.3 Å². The van der Waals surface area contributed by atoms with Crippen molar-refractivity contribution in [3.05, 3.63) is 33.7 Å². The normalized spacial score (nSPS) is 10.5. The number of aryl methyl sites for hydroxylation is 1. The van der Waals surface area contributed by atoms with E-state index in [4.69, 9.17) is 10.5 Å². The number of esters is 2. The summed E-state index contributed by atoms with van der Waals surface area (Å²) in [5.41, 5.74) is 9.76.